The zero-order chi connectivity index (χ0) is 20.6. The van der Waals surface area contributed by atoms with Crippen molar-refractivity contribution in [2.45, 2.75) is 83.6 Å². The highest BCUT2D eigenvalue weighted by Crippen LogP contribution is 2.49. The molecule has 2 aliphatic heterocycles. The Labute approximate surface area is 172 Å². The van der Waals surface area contributed by atoms with Crippen molar-refractivity contribution in [2.75, 3.05) is 6.61 Å². The quantitative estimate of drug-likeness (QED) is 0.721. The maximum atomic E-state index is 15.5. The number of fused-ring (bicyclic) bond motifs is 1. The highest BCUT2D eigenvalue weighted by atomic mass is 19.1. The van der Waals surface area contributed by atoms with Gasteiger partial charge in [0.05, 0.1) is 22.9 Å². The Hall–Kier alpha value is -1.44. The molecule has 1 aromatic heterocycles. The van der Waals surface area contributed by atoms with E-state index in [0.29, 0.717) is 5.92 Å². The zero-order valence-electron chi connectivity index (χ0n) is 18.0. The third-order valence-electron chi connectivity index (χ3n) is 7.33. The number of hydrogen-bond acceptors (Lipinski definition) is 4. The van der Waals surface area contributed by atoms with Crippen LogP contribution in [0.15, 0.2) is 12.3 Å². The maximum absolute atomic E-state index is 15.5. The fourth-order valence-corrected chi connectivity index (χ4v) is 4.66. The molecule has 0 bridgehead atoms. The zero-order valence-corrected chi connectivity index (χ0v) is 18.0. The van der Waals surface area contributed by atoms with Crippen LogP contribution < -0.4 is 5.46 Å². The molecule has 2 saturated heterocycles. The molecule has 0 radical (unpaired) electrons. The van der Waals surface area contributed by atoms with Gasteiger partial charge in [-0.05, 0) is 76.2 Å². The molecule has 0 unspecified atom stereocenters. The normalized spacial score (nSPS) is 30.8. The third kappa shape index (κ3) is 3.04. The number of rotatable bonds is 3. The van der Waals surface area contributed by atoms with Gasteiger partial charge in [-0.3, -0.25) is 0 Å². The summed E-state index contributed by atoms with van der Waals surface area (Å²) in [6, 6.07) is 1.63. The minimum atomic E-state index is -0.606. The van der Waals surface area contributed by atoms with Crippen LogP contribution in [0.25, 0.3) is 10.9 Å². The van der Waals surface area contributed by atoms with Gasteiger partial charge in [0.2, 0.25) is 0 Å². The SMILES string of the molecule is C[C@H]1C[C@H]1c1c(F)cc2c(cnn2[C@H]2CCCCO2)c1B1OC(C)(C)C(C)(C)O1. The monoisotopic (exact) mass is 400 g/mol. The van der Waals surface area contributed by atoms with Gasteiger partial charge in [-0.1, -0.05) is 6.92 Å². The fraction of sp³-hybridized carbons (Fsp3) is 0.682. The lowest BCUT2D eigenvalue weighted by molar-refractivity contribution is -0.0366. The van der Waals surface area contributed by atoms with Crippen LogP contribution in [0.3, 0.4) is 0 Å². The van der Waals surface area contributed by atoms with Gasteiger partial charge in [0.1, 0.15) is 5.82 Å². The summed E-state index contributed by atoms with van der Waals surface area (Å²) >= 11 is 0. The van der Waals surface area contributed by atoms with Crippen molar-refractivity contribution in [3.63, 3.8) is 0 Å². The van der Waals surface area contributed by atoms with E-state index in [1.54, 1.807) is 6.07 Å². The minimum absolute atomic E-state index is 0.141. The summed E-state index contributed by atoms with van der Waals surface area (Å²) in [7, 11) is -0.606. The number of benzene rings is 1. The molecule has 3 heterocycles. The van der Waals surface area contributed by atoms with E-state index >= 15 is 4.39 Å². The van der Waals surface area contributed by atoms with Gasteiger partial charge in [-0.15, -0.1) is 0 Å². The van der Waals surface area contributed by atoms with Crippen LogP contribution in [-0.4, -0.2) is 34.7 Å². The molecule has 1 aliphatic carbocycles. The number of aromatic nitrogens is 2. The van der Waals surface area contributed by atoms with Crippen LogP contribution in [0.5, 0.6) is 0 Å². The summed E-state index contributed by atoms with van der Waals surface area (Å²) in [5.41, 5.74) is 1.36. The highest BCUT2D eigenvalue weighted by molar-refractivity contribution is 6.65. The summed E-state index contributed by atoms with van der Waals surface area (Å²) in [5, 5.41) is 5.53. The summed E-state index contributed by atoms with van der Waals surface area (Å²) in [5.74, 6) is 0.497. The van der Waals surface area contributed by atoms with Gasteiger partial charge in [-0.25, -0.2) is 9.07 Å². The van der Waals surface area contributed by atoms with Crippen LogP contribution >= 0.6 is 0 Å². The summed E-state index contributed by atoms with van der Waals surface area (Å²) in [6.07, 6.45) is 5.74. The molecule has 1 saturated carbocycles. The van der Waals surface area contributed by atoms with Crippen LogP contribution in [0.4, 0.5) is 4.39 Å². The molecule has 3 aliphatic rings. The second-order valence-corrected chi connectivity index (χ2v) is 9.94. The Bertz CT molecular complexity index is 935. The summed E-state index contributed by atoms with van der Waals surface area (Å²) < 4.78 is 36.0. The van der Waals surface area contributed by atoms with E-state index in [1.165, 1.54) is 0 Å². The second-order valence-electron chi connectivity index (χ2n) is 9.94. The van der Waals surface area contributed by atoms with Gasteiger partial charge >= 0.3 is 7.12 Å². The van der Waals surface area contributed by atoms with E-state index in [2.05, 4.69) is 12.0 Å². The largest absolute Gasteiger partial charge is 0.495 e. The van der Waals surface area contributed by atoms with Gasteiger partial charge in [-0.2, -0.15) is 5.10 Å². The van der Waals surface area contributed by atoms with Crippen molar-refractivity contribution in [3.8, 4) is 0 Å². The highest BCUT2D eigenvalue weighted by Gasteiger charge is 2.54. The number of ether oxygens (including phenoxy) is 1. The van der Waals surface area contributed by atoms with E-state index in [4.69, 9.17) is 14.0 Å². The molecule has 5 nitrogen and oxygen atoms in total. The lowest BCUT2D eigenvalue weighted by Crippen LogP contribution is -2.41. The van der Waals surface area contributed by atoms with Crippen LogP contribution in [0.2, 0.25) is 0 Å². The van der Waals surface area contributed by atoms with Crippen molar-refractivity contribution in [1.29, 1.82) is 0 Å². The van der Waals surface area contributed by atoms with E-state index in [1.807, 2.05) is 38.6 Å². The smallest absolute Gasteiger partial charge is 0.399 e. The number of halogens is 1. The van der Waals surface area contributed by atoms with Crippen LogP contribution in [0, 0.1) is 11.7 Å². The molecule has 7 heteroatoms. The molecule has 156 valence electrons. The average Bonchev–Trinajstić information content (AvgIpc) is 3.14. The first-order valence-corrected chi connectivity index (χ1v) is 10.9. The predicted octanol–water partition coefficient (Wildman–Crippen LogP) is 4.30. The van der Waals surface area contributed by atoms with Crippen molar-refractivity contribution in [1.82, 2.24) is 9.78 Å². The van der Waals surface area contributed by atoms with Crippen LogP contribution in [0.1, 0.15) is 78.0 Å². The molecule has 2 aromatic rings. The molecule has 0 N–H and O–H groups in total. The van der Waals surface area contributed by atoms with E-state index < -0.39 is 18.3 Å². The Morgan fingerprint density at radius 2 is 1.86 bits per heavy atom. The third-order valence-corrected chi connectivity index (χ3v) is 7.33. The van der Waals surface area contributed by atoms with Crippen molar-refractivity contribution in [2.24, 2.45) is 5.92 Å². The average molecular weight is 400 g/mol. The molecule has 3 atom stereocenters. The lowest BCUT2D eigenvalue weighted by atomic mass is 9.72. The van der Waals surface area contributed by atoms with E-state index in [0.717, 1.165) is 54.2 Å². The van der Waals surface area contributed by atoms with E-state index in [-0.39, 0.29) is 18.0 Å². The van der Waals surface area contributed by atoms with Crippen molar-refractivity contribution < 1.29 is 18.4 Å². The van der Waals surface area contributed by atoms with Crippen molar-refractivity contribution in [3.05, 3.63) is 23.6 Å². The number of hydrogen-bond donors (Lipinski definition) is 0. The minimum Gasteiger partial charge on any atom is -0.399 e. The van der Waals surface area contributed by atoms with Gasteiger partial charge in [0.25, 0.3) is 0 Å². The molecular weight excluding hydrogens is 370 g/mol. The van der Waals surface area contributed by atoms with E-state index in [9.17, 15) is 0 Å². The molecule has 0 amide bonds. The molecule has 3 fully saturated rings. The van der Waals surface area contributed by atoms with Gasteiger partial charge in [0, 0.05) is 18.1 Å². The molecule has 29 heavy (non-hydrogen) atoms. The first-order valence-electron chi connectivity index (χ1n) is 10.9. The Morgan fingerprint density at radius 3 is 2.45 bits per heavy atom. The van der Waals surface area contributed by atoms with Gasteiger partial charge in [0.15, 0.2) is 6.23 Å². The molecular formula is C22H30BFN2O3. The summed E-state index contributed by atoms with van der Waals surface area (Å²) in [4.78, 5) is 0. The first kappa shape index (κ1) is 19.5. The maximum Gasteiger partial charge on any atom is 0.495 e. The molecule has 1 aromatic carbocycles. The molecule has 0 spiro atoms. The Morgan fingerprint density at radius 1 is 1.17 bits per heavy atom. The van der Waals surface area contributed by atoms with Crippen LogP contribution in [-0.2, 0) is 14.0 Å². The van der Waals surface area contributed by atoms with Crippen molar-refractivity contribution >= 4 is 23.5 Å². The van der Waals surface area contributed by atoms with Gasteiger partial charge < -0.3 is 14.0 Å². The topological polar surface area (TPSA) is 45.5 Å². The standard InChI is InChI=1S/C22H30BFN2O3/c1-13-10-14(13)19-16(24)11-17-15(12-25-26(17)18-8-6-7-9-27-18)20(19)23-28-21(2,3)22(4,5)29-23/h11-14,18H,6-10H2,1-5H3/t13-,14+,18+/m0/s1. The molecule has 5 rings (SSSR count). The second kappa shape index (κ2) is 6.53. The Kier molecular flexibility index (Phi) is 4.40. The Balaban J connectivity index is 1.67. The summed E-state index contributed by atoms with van der Waals surface area (Å²) in [6.45, 7) is 11.0. The first-order chi connectivity index (χ1) is 13.7. The fourth-order valence-electron chi connectivity index (χ4n) is 4.66. The number of nitrogens with zero attached hydrogens (tertiary/aromatic N) is 2. The lowest BCUT2D eigenvalue weighted by Gasteiger charge is -2.32. The predicted molar refractivity (Wildman–Crippen MR) is 111 cm³/mol.